The van der Waals surface area contributed by atoms with Crippen LogP contribution in [0, 0.1) is 0 Å². The summed E-state index contributed by atoms with van der Waals surface area (Å²) in [4.78, 5) is 14.4. The molecule has 1 saturated carbocycles. The first-order valence-corrected chi connectivity index (χ1v) is 7.46. The third-order valence-corrected chi connectivity index (χ3v) is 3.86. The van der Waals surface area contributed by atoms with E-state index in [-0.39, 0.29) is 5.91 Å². The Kier molecular flexibility index (Phi) is 4.02. The van der Waals surface area contributed by atoms with E-state index < -0.39 is 0 Å². The lowest BCUT2D eigenvalue weighted by Crippen LogP contribution is -2.37. The lowest BCUT2D eigenvalue weighted by molar-refractivity contribution is 0.0748. The molecule has 21 heavy (non-hydrogen) atoms. The number of hydrogen-bond acceptors (Lipinski definition) is 2. The van der Waals surface area contributed by atoms with Gasteiger partial charge in [-0.2, -0.15) is 0 Å². The second kappa shape index (κ2) is 6.10. The molecular formula is C18H20N2O. The van der Waals surface area contributed by atoms with Crippen molar-refractivity contribution in [2.24, 2.45) is 5.73 Å². The minimum Gasteiger partial charge on any atom is -0.334 e. The molecule has 1 aliphatic rings. The predicted octanol–water partition coefficient (Wildman–Crippen LogP) is 2.92. The topological polar surface area (TPSA) is 46.3 Å². The van der Waals surface area contributed by atoms with E-state index in [2.05, 4.69) is 12.1 Å². The Labute approximate surface area is 125 Å². The zero-order valence-corrected chi connectivity index (χ0v) is 12.0. The molecular weight excluding hydrogens is 260 g/mol. The molecule has 2 aromatic rings. The van der Waals surface area contributed by atoms with Crippen LogP contribution < -0.4 is 5.73 Å². The van der Waals surface area contributed by atoms with Crippen molar-refractivity contribution in [1.29, 1.82) is 0 Å². The van der Waals surface area contributed by atoms with Crippen molar-refractivity contribution in [3.8, 4) is 11.1 Å². The van der Waals surface area contributed by atoms with Crippen LogP contribution in [0.5, 0.6) is 0 Å². The van der Waals surface area contributed by atoms with Gasteiger partial charge >= 0.3 is 0 Å². The highest BCUT2D eigenvalue weighted by Gasteiger charge is 2.32. The molecule has 0 saturated heterocycles. The maximum absolute atomic E-state index is 12.5. The minimum atomic E-state index is 0.0996. The summed E-state index contributed by atoms with van der Waals surface area (Å²) in [6.45, 7) is 1.16. The zero-order valence-electron chi connectivity index (χ0n) is 12.0. The van der Waals surface area contributed by atoms with E-state index in [0.29, 0.717) is 19.1 Å². The van der Waals surface area contributed by atoms with Gasteiger partial charge in [-0.1, -0.05) is 42.5 Å². The van der Waals surface area contributed by atoms with Crippen LogP contribution in [0.15, 0.2) is 54.6 Å². The maximum atomic E-state index is 12.5. The number of carbonyl (C=O) groups is 1. The van der Waals surface area contributed by atoms with Gasteiger partial charge in [0.15, 0.2) is 0 Å². The van der Waals surface area contributed by atoms with Gasteiger partial charge in [-0.3, -0.25) is 4.79 Å². The van der Waals surface area contributed by atoms with Crippen molar-refractivity contribution in [3.63, 3.8) is 0 Å². The molecule has 1 fully saturated rings. The summed E-state index contributed by atoms with van der Waals surface area (Å²) in [6, 6.07) is 18.4. The molecule has 3 rings (SSSR count). The molecule has 0 aliphatic heterocycles. The molecule has 1 aliphatic carbocycles. The van der Waals surface area contributed by atoms with E-state index in [1.807, 2.05) is 47.4 Å². The summed E-state index contributed by atoms with van der Waals surface area (Å²) in [5.41, 5.74) is 8.66. The van der Waals surface area contributed by atoms with Gasteiger partial charge in [0, 0.05) is 24.7 Å². The number of carbonyl (C=O) groups excluding carboxylic acids is 1. The van der Waals surface area contributed by atoms with Gasteiger partial charge in [0.05, 0.1) is 0 Å². The van der Waals surface area contributed by atoms with E-state index in [0.717, 1.165) is 29.5 Å². The molecule has 0 bridgehead atoms. The van der Waals surface area contributed by atoms with Gasteiger partial charge in [-0.15, -0.1) is 0 Å². The molecule has 0 unspecified atom stereocenters. The quantitative estimate of drug-likeness (QED) is 0.915. The lowest BCUT2D eigenvalue weighted by atomic mass is 10.0. The molecule has 0 spiro atoms. The molecule has 108 valence electrons. The van der Waals surface area contributed by atoms with Gasteiger partial charge in [-0.25, -0.2) is 0 Å². The van der Waals surface area contributed by atoms with Crippen molar-refractivity contribution >= 4 is 5.91 Å². The highest BCUT2D eigenvalue weighted by Crippen LogP contribution is 2.28. The fourth-order valence-corrected chi connectivity index (χ4v) is 2.58. The molecule has 1 amide bonds. The van der Waals surface area contributed by atoms with Crippen LogP contribution in [0.3, 0.4) is 0 Å². The summed E-state index contributed by atoms with van der Waals surface area (Å²) < 4.78 is 0. The van der Waals surface area contributed by atoms with E-state index in [4.69, 9.17) is 5.73 Å². The predicted molar refractivity (Wildman–Crippen MR) is 85.0 cm³/mol. The highest BCUT2D eigenvalue weighted by atomic mass is 16.2. The largest absolute Gasteiger partial charge is 0.334 e. The smallest absolute Gasteiger partial charge is 0.254 e. The molecule has 2 aromatic carbocycles. The number of nitrogens with two attached hydrogens (primary N) is 1. The second-order valence-corrected chi connectivity index (χ2v) is 5.46. The number of rotatable bonds is 5. The SMILES string of the molecule is NCCN(C(=O)c1ccc(-c2ccccc2)cc1)C1CC1. The maximum Gasteiger partial charge on any atom is 0.254 e. The van der Waals surface area contributed by atoms with Crippen LogP contribution >= 0.6 is 0 Å². The summed E-state index contributed by atoms with van der Waals surface area (Å²) in [7, 11) is 0. The van der Waals surface area contributed by atoms with E-state index in [9.17, 15) is 4.79 Å². The van der Waals surface area contributed by atoms with Gasteiger partial charge in [0.1, 0.15) is 0 Å². The standard InChI is InChI=1S/C18H20N2O/c19-12-13-20(17-10-11-17)18(21)16-8-6-15(7-9-16)14-4-2-1-3-5-14/h1-9,17H,10-13,19H2. The van der Waals surface area contributed by atoms with Crippen molar-refractivity contribution in [1.82, 2.24) is 4.90 Å². The molecule has 0 radical (unpaired) electrons. The number of benzene rings is 2. The van der Waals surface area contributed by atoms with Crippen LogP contribution in [0.2, 0.25) is 0 Å². The zero-order chi connectivity index (χ0) is 14.7. The Morgan fingerprint density at radius 2 is 1.62 bits per heavy atom. The van der Waals surface area contributed by atoms with Gasteiger partial charge in [0.25, 0.3) is 5.91 Å². The monoisotopic (exact) mass is 280 g/mol. The number of nitrogens with zero attached hydrogens (tertiary/aromatic N) is 1. The van der Waals surface area contributed by atoms with Gasteiger partial charge < -0.3 is 10.6 Å². The third kappa shape index (κ3) is 3.14. The number of amides is 1. The van der Waals surface area contributed by atoms with Crippen LogP contribution in [0.1, 0.15) is 23.2 Å². The fourth-order valence-electron chi connectivity index (χ4n) is 2.58. The second-order valence-electron chi connectivity index (χ2n) is 5.46. The van der Waals surface area contributed by atoms with Crippen LogP contribution in [0.25, 0.3) is 11.1 Å². The van der Waals surface area contributed by atoms with Crippen LogP contribution in [-0.4, -0.2) is 29.9 Å². The van der Waals surface area contributed by atoms with Crippen LogP contribution in [0.4, 0.5) is 0 Å². The summed E-state index contributed by atoms with van der Waals surface area (Å²) in [5, 5.41) is 0. The lowest BCUT2D eigenvalue weighted by Gasteiger charge is -2.21. The molecule has 0 aromatic heterocycles. The molecule has 3 nitrogen and oxygen atoms in total. The number of hydrogen-bond donors (Lipinski definition) is 1. The van der Waals surface area contributed by atoms with E-state index >= 15 is 0 Å². The first kappa shape index (κ1) is 13.8. The Balaban J connectivity index is 1.78. The Morgan fingerprint density at radius 1 is 1.00 bits per heavy atom. The molecule has 0 heterocycles. The fraction of sp³-hybridized carbons (Fsp3) is 0.278. The van der Waals surface area contributed by atoms with Crippen molar-refractivity contribution < 1.29 is 4.79 Å². The Morgan fingerprint density at radius 3 is 2.19 bits per heavy atom. The summed E-state index contributed by atoms with van der Waals surface area (Å²) >= 11 is 0. The average molecular weight is 280 g/mol. The third-order valence-electron chi connectivity index (χ3n) is 3.86. The normalized spacial score (nSPS) is 14.0. The molecule has 2 N–H and O–H groups in total. The minimum absolute atomic E-state index is 0.0996. The summed E-state index contributed by atoms with van der Waals surface area (Å²) in [6.07, 6.45) is 2.21. The van der Waals surface area contributed by atoms with Crippen molar-refractivity contribution in [3.05, 3.63) is 60.2 Å². The highest BCUT2D eigenvalue weighted by molar-refractivity contribution is 5.95. The van der Waals surface area contributed by atoms with Crippen LogP contribution in [-0.2, 0) is 0 Å². The average Bonchev–Trinajstić information content (AvgIpc) is 3.38. The first-order valence-electron chi connectivity index (χ1n) is 7.46. The summed E-state index contributed by atoms with van der Waals surface area (Å²) in [5.74, 6) is 0.0996. The van der Waals surface area contributed by atoms with Gasteiger partial charge in [-0.05, 0) is 36.1 Å². The molecule has 3 heteroatoms. The Bertz CT molecular complexity index is 603. The van der Waals surface area contributed by atoms with E-state index in [1.54, 1.807) is 0 Å². The Hall–Kier alpha value is -2.13. The molecule has 0 atom stereocenters. The van der Waals surface area contributed by atoms with Crippen molar-refractivity contribution in [2.75, 3.05) is 13.1 Å². The van der Waals surface area contributed by atoms with Crippen molar-refractivity contribution in [2.45, 2.75) is 18.9 Å². The van der Waals surface area contributed by atoms with Gasteiger partial charge in [0.2, 0.25) is 0 Å². The van der Waals surface area contributed by atoms with E-state index in [1.165, 1.54) is 0 Å². The first-order chi connectivity index (χ1) is 10.3.